The lowest BCUT2D eigenvalue weighted by atomic mass is 9.99. The van der Waals surface area contributed by atoms with Crippen LogP contribution in [0.25, 0.3) is 301 Å². The summed E-state index contributed by atoms with van der Waals surface area (Å²) in [5, 5.41) is 35.2. The van der Waals surface area contributed by atoms with Crippen molar-refractivity contribution in [2.45, 2.75) is 0 Å². The van der Waals surface area contributed by atoms with E-state index < -0.39 is 0 Å². The van der Waals surface area contributed by atoms with E-state index in [4.69, 9.17) is 4.98 Å². The van der Waals surface area contributed by atoms with Gasteiger partial charge in [0, 0.05) is 147 Å². The van der Waals surface area contributed by atoms with Gasteiger partial charge in [-0.2, -0.15) is 0 Å². The summed E-state index contributed by atoms with van der Waals surface area (Å²) in [7, 11) is 0. The highest BCUT2D eigenvalue weighted by molar-refractivity contribution is 6.33. The van der Waals surface area contributed by atoms with Crippen molar-refractivity contribution in [3.05, 3.63) is 504 Å². The van der Waals surface area contributed by atoms with Gasteiger partial charge in [0.25, 0.3) is 0 Å². The summed E-state index contributed by atoms with van der Waals surface area (Å²) < 4.78 is 22.0. The Morgan fingerprint density at radius 3 is 0.604 bits per heavy atom. The van der Waals surface area contributed by atoms with E-state index in [-0.39, 0.29) is 0 Å². The number of hydrogen-bond acceptors (Lipinski definition) is 2. The van der Waals surface area contributed by atoms with Crippen LogP contribution in [0.2, 0.25) is 0 Å². The van der Waals surface area contributed by atoms with Gasteiger partial charge >= 0.3 is 0 Å². The third kappa shape index (κ3) is 11.3. The minimum absolute atomic E-state index is 0.917. The fourth-order valence-corrected chi connectivity index (χ4v) is 26.4. The molecule has 0 unspecified atom stereocenters. The summed E-state index contributed by atoms with van der Waals surface area (Å²) >= 11 is 0. The molecule has 24 aromatic carbocycles. The predicted molar refractivity (Wildman–Crippen MR) is 625 cm³/mol. The van der Waals surface area contributed by atoms with Gasteiger partial charge in [0.05, 0.1) is 151 Å². The van der Waals surface area contributed by atoms with Crippen LogP contribution in [0.5, 0.6) is 0 Å². The van der Waals surface area contributed by atoms with Crippen molar-refractivity contribution in [3.63, 3.8) is 0 Å². The van der Waals surface area contributed by atoms with Gasteiger partial charge in [-0.1, -0.05) is 309 Å². The zero-order valence-electron chi connectivity index (χ0n) is 80.3. The Hall–Kier alpha value is -20.1. The average Bonchev–Trinajstić information content (AvgIpc) is 1.54. The lowest BCUT2D eigenvalue weighted by Crippen LogP contribution is -1.98. The molecule has 0 fully saturated rings. The van der Waals surface area contributed by atoms with Gasteiger partial charge < -0.3 is 36.5 Å². The minimum atomic E-state index is 0.917. The quantitative estimate of drug-likeness (QED) is 0.135. The van der Waals surface area contributed by atoms with Crippen LogP contribution in [-0.2, 0) is 0 Å². The Kier molecular flexibility index (Phi) is 17.0. The Morgan fingerprint density at radius 2 is 0.349 bits per heavy atom. The molecule has 0 bridgehead atoms. The second-order valence-electron chi connectivity index (χ2n) is 39.6. The molecule has 11 nitrogen and oxygen atoms in total. The van der Waals surface area contributed by atoms with E-state index >= 15 is 0 Å². The van der Waals surface area contributed by atoms with Crippen LogP contribution in [0, 0.1) is 0 Å². The zero-order valence-corrected chi connectivity index (χ0v) is 80.3. The molecule has 11 aromatic heterocycles. The Morgan fingerprint density at radius 1 is 0.128 bits per heavy atom. The maximum atomic E-state index is 4.84. The van der Waals surface area contributed by atoms with E-state index in [1.54, 1.807) is 0 Å². The maximum absolute atomic E-state index is 4.84. The van der Waals surface area contributed by atoms with Gasteiger partial charge in [0.15, 0.2) is 0 Å². The standard InChI is InChI=1S/C52H31N3.2C43H26N4/c1-2-14-33-32(13-1)31-50(35-16-4-3-15-34(33)35)55-48-29-27-46(53-42-21-9-5-17-36(42)37-18-6-10-22-43(37)53)40-25-26-41-47(28-30-49(55)52(41)51(40)48)54-44-23-11-7-19-38(44)39-20-8-12-24-45(39)54;1-5-15-34-28(11-1)29-12-2-6-16-35(29)46(34)38-21-23-40-42-32(38)19-20-33-39(22-24-41(43(33)42)45(40)27-10-9-25-44-26-27)47-36-17-7-3-13-30(36)31-14-4-8-18-37(31)47;1-5-15-33-27(11-1)28-12-2-6-16-34(28)45(33)37-22-24-39-42-31(37)20-21-32-38(23-25-40(43(32)42)47(39)41-19-9-10-26-44-41)46-35-17-7-3-13-29(35)30-14-4-8-18-36(30)46/h1-31H;2*1-26H. The van der Waals surface area contributed by atoms with Crippen molar-refractivity contribution < 1.29 is 0 Å². The number of para-hydroxylation sites is 12. The first kappa shape index (κ1) is 81.4. The highest BCUT2D eigenvalue weighted by atomic mass is 15.1. The largest absolute Gasteiger partial charge is 0.309 e. The molecular weight excluding hydrogens is 1810 g/mol. The monoisotopic (exact) mass is 1890 g/mol. The van der Waals surface area contributed by atoms with Crippen molar-refractivity contribution in [3.8, 4) is 51.3 Å². The fraction of sp³-hybridized carbons (Fsp3) is 0. The lowest BCUT2D eigenvalue weighted by Gasteiger charge is -2.15. The topological polar surface area (TPSA) is 70.2 Å². The number of hydrogen-bond donors (Lipinski definition) is 0. The molecule has 0 atom stereocenters. The van der Waals surface area contributed by atoms with Crippen molar-refractivity contribution in [2.75, 3.05) is 0 Å². The highest BCUT2D eigenvalue weighted by Gasteiger charge is 2.31. The molecule has 0 aliphatic rings. The third-order valence-electron chi connectivity index (χ3n) is 32.3. The second kappa shape index (κ2) is 31.2. The summed E-state index contributed by atoms with van der Waals surface area (Å²) in [6.45, 7) is 0. The van der Waals surface area contributed by atoms with Gasteiger partial charge in [-0.3, -0.25) is 9.55 Å². The summed E-state index contributed by atoms with van der Waals surface area (Å²) in [4.78, 5) is 9.36. The number of aromatic nitrogens is 11. The molecule has 149 heavy (non-hydrogen) atoms. The number of pyridine rings is 2. The van der Waals surface area contributed by atoms with E-state index in [1.165, 1.54) is 279 Å². The molecule has 0 radical (unpaired) electrons. The summed E-state index contributed by atoms with van der Waals surface area (Å²) in [5.41, 5.74) is 31.0. The molecule has 0 N–H and O–H groups in total. The SMILES string of the molecule is c1ccc(-n2c3ccc(-n4c5ccccc5c5ccccc54)c4ccc5c(-n6c7ccccc7c7ccccc76)ccc2c5c43)nc1.c1ccc2c(c1)cc(-n1c3ccc(-n4c5ccccc5c5ccccc54)c4ccc5c(-n6c7ccccc7c7ccccc76)ccc1c5c43)c1ccccc12.c1cncc(-n2c3ccc(-n4c5ccccc5c5ccccc54)c4ccc5c(-n6c7ccccc7c7ccccc76)ccc2c5c43)c1. The number of nitrogens with zero attached hydrogens (tertiary/aromatic N) is 11. The van der Waals surface area contributed by atoms with Crippen LogP contribution < -0.4 is 0 Å². The molecule has 35 rings (SSSR count). The molecule has 0 aliphatic carbocycles. The van der Waals surface area contributed by atoms with Crippen LogP contribution in [-0.4, -0.2) is 51.1 Å². The van der Waals surface area contributed by atoms with Crippen LogP contribution in [0.3, 0.4) is 0 Å². The Bertz CT molecular complexity index is 10500. The molecule has 0 spiro atoms. The molecule has 11 heteroatoms. The minimum Gasteiger partial charge on any atom is -0.309 e. The van der Waals surface area contributed by atoms with Crippen molar-refractivity contribution in [2.24, 2.45) is 0 Å². The van der Waals surface area contributed by atoms with Crippen LogP contribution in [0.4, 0.5) is 0 Å². The number of fused-ring (bicyclic) bond motifs is 21. The maximum Gasteiger partial charge on any atom is 0.137 e. The Labute approximate surface area is 850 Å². The highest BCUT2D eigenvalue weighted by Crippen LogP contribution is 2.53. The molecular formula is C138H83N11. The van der Waals surface area contributed by atoms with Gasteiger partial charge in [0.2, 0.25) is 0 Å². The lowest BCUT2D eigenvalue weighted by molar-refractivity contribution is 1.08. The molecule has 0 saturated carbocycles. The van der Waals surface area contributed by atoms with Crippen LogP contribution >= 0.6 is 0 Å². The Balaban J connectivity index is 0.0000000974. The van der Waals surface area contributed by atoms with E-state index in [0.717, 1.165) is 22.5 Å². The number of benzene rings is 24. The van der Waals surface area contributed by atoms with Crippen molar-refractivity contribution >= 4 is 250 Å². The van der Waals surface area contributed by atoms with Gasteiger partial charge in [0.1, 0.15) is 5.82 Å². The summed E-state index contributed by atoms with van der Waals surface area (Å²) in [5.74, 6) is 0.917. The van der Waals surface area contributed by atoms with Crippen LogP contribution in [0.15, 0.2) is 504 Å². The number of rotatable bonds is 9. The van der Waals surface area contributed by atoms with E-state index in [2.05, 4.69) is 519 Å². The molecule has 11 heterocycles. The second-order valence-corrected chi connectivity index (χ2v) is 39.6. The van der Waals surface area contributed by atoms with Gasteiger partial charge in [-0.05, 0) is 192 Å². The normalized spacial score (nSPS) is 12.3. The first-order valence-corrected chi connectivity index (χ1v) is 51.2. The smallest absolute Gasteiger partial charge is 0.137 e. The van der Waals surface area contributed by atoms with Gasteiger partial charge in [-0.25, -0.2) is 4.98 Å². The van der Waals surface area contributed by atoms with Crippen molar-refractivity contribution in [1.29, 1.82) is 0 Å². The molecule has 690 valence electrons. The average molecular weight is 1900 g/mol. The van der Waals surface area contributed by atoms with Crippen LogP contribution in [0.1, 0.15) is 0 Å². The zero-order chi connectivity index (χ0) is 97.1. The first-order valence-electron chi connectivity index (χ1n) is 51.2. The molecule has 0 amide bonds. The predicted octanol–water partition coefficient (Wildman–Crippen LogP) is 35.8. The fourth-order valence-electron chi connectivity index (χ4n) is 26.4. The van der Waals surface area contributed by atoms with E-state index in [9.17, 15) is 0 Å². The first-order chi connectivity index (χ1) is 74.1. The van der Waals surface area contributed by atoms with E-state index in [1.807, 2.05) is 30.7 Å². The molecule has 0 aliphatic heterocycles. The molecule has 0 saturated heterocycles. The van der Waals surface area contributed by atoms with Gasteiger partial charge in [-0.15, -0.1) is 0 Å². The molecule has 35 aromatic rings. The third-order valence-corrected chi connectivity index (χ3v) is 32.3. The summed E-state index contributed by atoms with van der Waals surface area (Å²) in [6.07, 6.45) is 5.69. The van der Waals surface area contributed by atoms with E-state index in [0.29, 0.717) is 0 Å². The summed E-state index contributed by atoms with van der Waals surface area (Å²) in [6, 6.07) is 178. The van der Waals surface area contributed by atoms with Crippen molar-refractivity contribution in [1.82, 2.24) is 51.1 Å².